The van der Waals surface area contributed by atoms with Gasteiger partial charge in [0.1, 0.15) is 11.4 Å². The van der Waals surface area contributed by atoms with Gasteiger partial charge in [0.05, 0.1) is 16.6 Å². The lowest BCUT2D eigenvalue weighted by molar-refractivity contribution is -0.117. The van der Waals surface area contributed by atoms with Crippen LogP contribution in [0.5, 0.6) is 0 Å². The lowest BCUT2D eigenvalue weighted by Gasteiger charge is -2.26. The summed E-state index contributed by atoms with van der Waals surface area (Å²) < 4.78 is 19.4. The fourth-order valence-electron chi connectivity index (χ4n) is 3.86. The van der Waals surface area contributed by atoms with Crippen LogP contribution in [-0.2, 0) is 4.79 Å². The fourth-order valence-corrected chi connectivity index (χ4v) is 4.21. The largest absolute Gasteiger partial charge is 0.503 e. The third-order valence-electron chi connectivity index (χ3n) is 5.36. The van der Waals surface area contributed by atoms with E-state index in [0.29, 0.717) is 21.6 Å². The fraction of sp³-hybridized carbons (Fsp3) is 0.0417. The Kier molecular flexibility index (Phi) is 5.15. The number of pyridine rings is 1. The molecule has 0 aliphatic carbocycles. The first-order valence-corrected chi connectivity index (χ1v) is 10.5. The van der Waals surface area contributed by atoms with E-state index in [1.54, 1.807) is 30.3 Å². The molecule has 0 spiro atoms. The molecule has 4 aromatic rings. The van der Waals surface area contributed by atoms with Crippen LogP contribution in [0.1, 0.15) is 22.2 Å². The summed E-state index contributed by atoms with van der Waals surface area (Å²) in [5.74, 6) is -2.98. The molecule has 1 aliphatic rings. The zero-order valence-corrected chi connectivity index (χ0v) is 18.1. The first-order chi connectivity index (χ1) is 15.8. The van der Waals surface area contributed by atoms with Crippen LogP contribution in [0.15, 0.2) is 82.7 Å². The molecule has 1 atom stereocenters. The predicted molar refractivity (Wildman–Crippen MR) is 121 cm³/mol. The lowest BCUT2D eigenvalue weighted by atomic mass is 9.95. The smallest absolute Gasteiger partial charge is 0.294 e. The summed E-state index contributed by atoms with van der Waals surface area (Å²) in [6, 6.07) is 12.3. The molecule has 0 saturated carbocycles. The van der Waals surface area contributed by atoms with Gasteiger partial charge in [-0.1, -0.05) is 23.2 Å². The van der Waals surface area contributed by atoms with Crippen LogP contribution in [0.2, 0.25) is 10.0 Å². The topological polar surface area (TPSA) is 83.6 Å². The number of aromatic nitrogens is 1. The average molecular weight is 483 g/mol. The van der Waals surface area contributed by atoms with Gasteiger partial charge in [-0.15, -0.1) is 0 Å². The summed E-state index contributed by atoms with van der Waals surface area (Å²) in [6.45, 7) is 0. The highest BCUT2D eigenvalue weighted by molar-refractivity contribution is 6.31. The minimum absolute atomic E-state index is 0.0698. The van der Waals surface area contributed by atoms with E-state index in [-0.39, 0.29) is 22.0 Å². The molecule has 2 aromatic heterocycles. The van der Waals surface area contributed by atoms with Crippen molar-refractivity contribution in [1.82, 2.24) is 4.98 Å². The number of halogens is 3. The number of amides is 1. The zero-order valence-electron chi connectivity index (χ0n) is 16.6. The molecule has 0 fully saturated rings. The molecule has 0 radical (unpaired) electrons. The van der Waals surface area contributed by atoms with Crippen LogP contribution in [0.25, 0.3) is 11.0 Å². The van der Waals surface area contributed by atoms with E-state index in [9.17, 15) is 19.1 Å². The van der Waals surface area contributed by atoms with Crippen LogP contribution in [0.4, 0.5) is 10.1 Å². The Morgan fingerprint density at radius 1 is 1.06 bits per heavy atom. The first kappa shape index (κ1) is 21.2. The number of aliphatic hydroxyl groups is 1. The molecular weight excluding hydrogens is 470 g/mol. The number of carbonyl (C=O) groups is 2. The second kappa shape index (κ2) is 8.03. The van der Waals surface area contributed by atoms with Gasteiger partial charge >= 0.3 is 0 Å². The van der Waals surface area contributed by atoms with Gasteiger partial charge in [-0.25, -0.2) is 4.39 Å². The van der Waals surface area contributed by atoms with Gasteiger partial charge in [0.2, 0.25) is 5.78 Å². The molecule has 164 valence electrons. The number of benzene rings is 2. The van der Waals surface area contributed by atoms with E-state index in [1.807, 2.05) is 0 Å². The maximum Gasteiger partial charge on any atom is 0.294 e. The molecule has 0 saturated heterocycles. The van der Waals surface area contributed by atoms with Crippen LogP contribution in [0, 0.1) is 5.82 Å². The van der Waals surface area contributed by atoms with Gasteiger partial charge in [-0.3, -0.25) is 19.5 Å². The maximum absolute atomic E-state index is 13.8. The Morgan fingerprint density at radius 2 is 1.82 bits per heavy atom. The van der Waals surface area contributed by atoms with E-state index < -0.39 is 29.3 Å². The molecule has 1 amide bonds. The second-order valence-electron chi connectivity index (χ2n) is 7.34. The molecule has 1 unspecified atom stereocenters. The first-order valence-electron chi connectivity index (χ1n) is 9.70. The Morgan fingerprint density at radius 3 is 2.55 bits per heavy atom. The monoisotopic (exact) mass is 482 g/mol. The number of carbonyl (C=O) groups excluding carboxylic acids is 2. The Balaban J connectivity index is 1.66. The Bertz CT molecular complexity index is 1470. The highest BCUT2D eigenvalue weighted by Crippen LogP contribution is 2.43. The number of anilines is 1. The van der Waals surface area contributed by atoms with E-state index in [0.717, 1.165) is 6.07 Å². The second-order valence-corrected chi connectivity index (χ2v) is 8.18. The van der Waals surface area contributed by atoms with Gasteiger partial charge in [0.25, 0.3) is 5.91 Å². The average Bonchev–Trinajstić information content (AvgIpc) is 3.34. The number of hydrogen-bond acceptors (Lipinski definition) is 5. The number of nitrogens with zero attached hydrogens (tertiary/aromatic N) is 2. The van der Waals surface area contributed by atoms with Crippen molar-refractivity contribution < 1.29 is 23.5 Å². The van der Waals surface area contributed by atoms with Crippen molar-refractivity contribution in [2.75, 3.05) is 4.90 Å². The van der Waals surface area contributed by atoms with Crippen LogP contribution >= 0.6 is 23.2 Å². The predicted octanol–water partition coefficient (Wildman–Crippen LogP) is 6.06. The van der Waals surface area contributed by atoms with E-state index in [1.165, 1.54) is 35.5 Å². The number of Topliss-reactive ketones (excluding diaryl/α,β-unsaturated/α-hetero) is 1. The number of aliphatic hydroxyl groups excluding tert-OH is 1. The summed E-state index contributed by atoms with van der Waals surface area (Å²) in [5.41, 5.74) is 0.955. The summed E-state index contributed by atoms with van der Waals surface area (Å²) in [6.07, 6.45) is 2.99. The maximum atomic E-state index is 13.8. The number of hydrogen-bond donors (Lipinski definition) is 1. The molecular formula is C24H13Cl2FN2O4. The van der Waals surface area contributed by atoms with Crippen molar-refractivity contribution in [1.29, 1.82) is 0 Å². The number of rotatable bonds is 4. The van der Waals surface area contributed by atoms with Crippen molar-refractivity contribution in [3.8, 4) is 0 Å². The zero-order chi connectivity index (χ0) is 23.3. The molecule has 9 heteroatoms. The van der Waals surface area contributed by atoms with Gasteiger partial charge in [0, 0.05) is 28.5 Å². The molecule has 3 heterocycles. The molecule has 2 aromatic carbocycles. The quantitative estimate of drug-likeness (QED) is 0.357. The standard InChI is InChI=1S/C24H13Cl2FN2O4/c25-14-1-4-18-13(9-14)10-19(33-18)22(30)20-21(12-5-7-28-8-6-12)29(24(32)23(20)31)15-2-3-17(27)16(26)11-15/h1-11,21,31H. The molecule has 1 aliphatic heterocycles. The molecule has 1 N–H and O–H groups in total. The number of ketones is 1. The van der Waals surface area contributed by atoms with E-state index in [2.05, 4.69) is 4.98 Å². The normalized spacial score (nSPS) is 16.2. The summed E-state index contributed by atoms with van der Waals surface area (Å²) >= 11 is 12.0. The van der Waals surface area contributed by atoms with Crippen molar-refractivity contribution in [3.05, 3.63) is 106 Å². The minimum Gasteiger partial charge on any atom is -0.503 e. The van der Waals surface area contributed by atoms with Gasteiger partial charge in [-0.05, 0) is 60.2 Å². The molecule has 5 rings (SSSR count). The van der Waals surface area contributed by atoms with Gasteiger partial charge in [-0.2, -0.15) is 0 Å². The number of fused-ring (bicyclic) bond motifs is 1. The van der Waals surface area contributed by atoms with E-state index in [4.69, 9.17) is 27.6 Å². The highest BCUT2D eigenvalue weighted by atomic mass is 35.5. The van der Waals surface area contributed by atoms with Crippen molar-refractivity contribution in [2.45, 2.75) is 6.04 Å². The van der Waals surface area contributed by atoms with Crippen molar-refractivity contribution in [2.24, 2.45) is 0 Å². The minimum atomic E-state index is -1.02. The lowest BCUT2D eigenvalue weighted by Crippen LogP contribution is -2.31. The molecule has 6 nitrogen and oxygen atoms in total. The molecule has 33 heavy (non-hydrogen) atoms. The van der Waals surface area contributed by atoms with Gasteiger partial charge in [0.15, 0.2) is 11.5 Å². The van der Waals surface area contributed by atoms with Crippen molar-refractivity contribution in [3.63, 3.8) is 0 Å². The highest BCUT2D eigenvalue weighted by Gasteiger charge is 2.45. The third-order valence-corrected chi connectivity index (χ3v) is 5.88. The van der Waals surface area contributed by atoms with Crippen molar-refractivity contribution >= 4 is 51.5 Å². The SMILES string of the molecule is O=C(C1=C(O)C(=O)N(c2ccc(F)c(Cl)c2)C1c1ccncc1)c1cc2cc(Cl)ccc2o1. The van der Waals surface area contributed by atoms with Crippen LogP contribution in [0.3, 0.4) is 0 Å². The Hall–Kier alpha value is -3.68. The third kappa shape index (κ3) is 3.55. The van der Waals surface area contributed by atoms with Gasteiger partial charge < -0.3 is 9.52 Å². The van der Waals surface area contributed by atoms with Crippen LogP contribution < -0.4 is 4.90 Å². The molecule has 0 bridgehead atoms. The van der Waals surface area contributed by atoms with Crippen LogP contribution in [-0.4, -0.2) is 21.8 Å². The van der Waals surface area contributed by atoms with E-state index >= 15 is 0 Å². The summed E-state index contributed by atoms with van der Waals surface area (Å²) in [7, 11) is 0. The summed E-state index contributed by atoms with van der Waals surface area (Å²) in [4.78, 5) is 31.8. The number of furan rings is 1. The summed E-state index contributed by atoms with van der Waals surface area (Å²) in [5, 5.41) is 11.6. The Labute approximate surface area is 196 Å².